The number of nitrogens with one attached hydrogen (secondary N) is 1. The average Bonchev–Trinajstić information content (AvgIpc) is 3.06. The highest BCUT2D eigenvalue weighted by Crippen LogP contribution is 2.35. The number of pyridine rings is 1. The number of fused-ring (bicyclic) bond motifs is 1. The van der Waals surface area contributed by atoms with Crippen molar-refractivity contribution in [3.63, 3.8) is 0 Å². The molecule has 4 aromatic rings. The van der Waals surface area contributed by atoms with E-state index in [0.29, 0.717) is 25.3 Å². The van der Waals surface area contributed by atoms with Gasteiger partial charge < -0.3 is 15.8 Å². The van der Waals surface area contributed by atoms with Crippen molar-refractivity contribution in [2.45, 2.75) is 0 Å². The monoisotopic (exact) mass is 471 g/mol. The summed E-state index contributed by atoms with van der Waals surface area (Å²) in [4.78, 5) is 18.2. The summed E-state index contributed by atoms with van der Waals surface area (Å²) in [5, 5.41) is 3.26. The molecule has 146 valence electrons. The molecule has 0 spiro atoms. The first-order valence-electron chi connectivity index (χ1n) is 8.56. The van der Waals surface area contributed by atoms with Gasteiger partial charge in [-0.05, 0) is 54.6 Å². The molecule has 5 nitrogen and oxygen atoms in total. The maximum Gasteiger partial charge on any atom is 0.268 e. The van der Waals surface area contributed by atoms with Gasteiger partial charge in [-0.1, -0.05) is 15.9 Å². The zero-order valence-electron chi connectivity index (χ0n) is 15.2. The molecule has 4 rings (SSSR count). The number of thiophene rings is 1. The van der Waals surface area contributed by atoms with Crippen molar-refractivity contribution in [3.05, 3.63) is 69.8 Å². The Morgan fingerprint density at radius 3 is 2.62 bits per heavy atom. The number of hydrogen-bond acceptors (Lipinski definition) is 5. The number of aromatic nitrogens is 1. The number of halogens is 2. The van der Waals surface area contributed by atoms with Crippen molar-refractivity contribution in [3.8, 4) is 17.0 Å². The standard InChI is InChI=1S/C21H15BrFN3O2S/c1-28-13-5-2-11(3-6-13)16-9-7-14-18(24)19(29-21(14)26-16)20(27)25-17-8-4-12(22)10-15(17)23/h2-10H,24H2,1H3,(H,25,27). The molecule has 0 unspecified atom stereocenters. The number of carbonyl (C=O) groups excluding carboxylic acids is 1. The van der Waals surface area contributed by atoms with Crippen LogP contribution in [-0.4, -0.2) is 18.0 Å². The summed E-state index contributed by atoms with van der Waals surface area (Å²) in [5.74, 6) is -0.251. The zero-order valence-corrected chi connectivity index (χ0v) is 17.6. The number of nitrogen functional groups attached to an aromatic ring is 1. The van der Waals surface area contributed by atoms with Crippen LogP contribution >= 0.6 is 27.3 Å². The van der Waals surface area contributed by atoms with E-state index in [0.717, 1.165) is 17.0 Å². The molecule has 3 N–H and O–H groups in total. The lowest BCUT2D eigenvalue weighted by Gasteiger charge is -2.06. The second-order valence-corrected chi connectivity index (χ2v) is 8.12. The molecule has 0 radical (unpaired) electrons. The Hall–Kier alpha value is -2.97. The summed E-state index contributed by atoms with van der Waals surface area (Å²) in [6, 6.07) is 15.6. The van der Waals surface area contributed by atoms with Gasteiger partial charge in [0.15, 0.2) is 0 Å². The molecule has 0 fully saturated rings. The van der Waals surface area contributed by atoms with Crippen LogP contribution in [0.3, 0.4) is 0 Å². The summed E-state index contributed by atoms with van der Waals surface area (Å²) < 4.78 is 19.8. The predicted octanol–water partition coefficient (Wildman–Crippen LogP) is 5.71. The number of amides is 1. The van der Waals surface area contributed by atoms with Crippen LogP contribution in [0.2, 0.25) is 0 Å². The molecular formula is C21H15BrFN3O2S. The summed E-state index contributed by atoms with van der Waals surface area (Å²) in [7, 11) is 1.61. The van der Waals surface area contributed by atoms with E-state index in [1.807, 2.05) is 36.4 Å². The minimum absolute atomic E-state index is 0.0851. The van der Waals surface area contributed by atoms with Crippen LogP contribution in [0.25, 0.3) is 21.5 Å². The van der Waals surface area contributed by atoms with Crippen LogP contribution in [0.4, 0.5) is 15.8 Å². The maximum absolute atomic E-state index is 14.0. The topological polar surface area (TPSA) is 77.2 Å². The molecular weight excluding hydrogens is 457 g/mol. The molecule has 2 aromatic heterocycles. The van der Waals surface area contributed by atoms with Crippen molar-refractivity contribution < 1.29 is 13.9 Å². The lowest BCUT2D eigenvalue weighted by molar-refractivity contribution is 0.103. The van der Waals surface area contributed by atoms with Crippen molar-refractivity contribution >= 4 is 54.8 Å². The van der Waals surface area contributed by atoms with E-state index in [1.165, 1.54) is 23.5 Å². The van der Waals surface area contributed by atoms with E-state index in [4.69, 9.17) is 10.5 Å². The largest absolute Gasteiger partial charge is 0.497 e. The number of nitrogens with two attached hydrogens (primary N) is 1. The molecule has 2 heterocycles. The third-order valence-electron chi connectivity index (χ3n) is 4.37. The smallest absolute Gasteiger partial charge is 0.268 e. The molecule has 8 heteroatoms. The number of methoxy groups -OCH3 is 1. The normalized spacial score (nSPS) is 10.9. The van der Waals surface area contributed by atoms with Gasteiger partial charge in [0.25, 0.3) is 5.91 Å². The minimum atomic E-state index is -0.535. The minimum Gasteiger partial charge on any atom is -0.497 e. The fraction of sp³-hybridized carbons (Fsp3) is 0.0476. The van der Waals surface area contributed by atoms with Gasteiger partial charge in [0, 0.05) is 15.4 Å². The van der Waals surface area contributed by atoms with Gasteiger partial charge in [0.2, 0.25) is 0 Å². The zero-order chi connectivity index (χ0) is 20.5. The van der Waals surface area contributed by atoms with E-state index in [2.05, 4.69) is 26.2 Å². The number of carbonyl (C=O) groups is 1. The Morgan fingerprint density at radius 1 is 1.17 bits per heavy atom. The van der Waals surface area contributed by atoms with Crippen molar-refractivity contribution in [1.82, 2.24) is 4.98 Å². The maximum atomic E-state index is 14.0. The summed E-state index contributed by atoms with van der Waals surface area (Å²) in [6.45, 7) is 0. The lowest BCUT2D eigenvalue weighted by Crippen LogP contribution is -2.13. The van der Waals surface area contributed by atoms with Gasteiger partial charge in [-0.25, -0.2) is 9.37 Å². The third-order valence-corrected chi connectivity index (χ3v) is 5.97. The Labute approximate surface area is 178 Å². The van der Waals surface area contributed by atoms with Gasteiger partial charge in [-0.15, -0.1) is 11.3 Å². The number of ether oxygens (including phenoxy) is 1. The van der Waals surface area contributed by atoms with E-state index >= 15 is 0 Å². The SMILES string of the molecule is COc1ccc(-c2ccc3c(N)c(C(=O)Nc4ccc(Br)cc4F)sc3n2)cc1. The van der Waals surface area contributed by atoms with Crippen LogP contribution < -0.4 is 15.8 Å². The van der Waals surface area contributed by atoms with Gasteiger partial charge in [-0.3, -0.25) is 4.79 Å². The number of benzene rings is 2. The number of nitrogens with zero attached hydrogens (tertiary/aromatic N) is 1. The van der Waals surface area contributed by atoms with Crippen molar-refractivity contribution in [2.24, 2.45) is 0 Å². The molecule has 0 saturated carbocycles. The number of anilines is 2. The summed E-state index contributed by atoms with van der Waals surface area (Å²) in [5.41, 5.74) is 8.26. The lowest BCUT2D eigenvalue weighted by atomic mass is 10.1. The summed E-state index contributed by atoms with van der Waals surface area (Å²) >= 11 is 4.36. The molecule has 29 heavy (non-hydrogen) atoms. The van der Waals surface area contributed by atoms with Gasteiger partial charge in [0.1, 0.15) is 21.3 Å². The van der Waals surface area contributed by atoms with E-state index < -0.39 is 11.7 Å². The highest BCUT2D eigenvalue weighted by molar-refractivity contribution is 9.10. The predicted molar refractivity (Wildman–Crippen MR) is 118 cm³/mol. The first kappa shape index (κ1) is 19.4. The Balaban J connectivity index is 1.66. The second kappa shape index (κ2) is 7.81. The molecule has 0 bridgehead atoms. The second-order valence-electron chi connectivity index (χ2n) is 6.20. The molecule has 0 aliphatic heterocycles. The van der Waals surface area contributed by atoms with Gasteiger partial charge >= 0.3 is 0 Å². The van der Waals surface area contributed by atoms with Gasteiger partial charge in [0.05, 0.1) is 24.2 Å². The summed E-state index contributed by atoms with van der Waals surface area (Å²) in [6.07, 6.45) is 0. The van der Waals surface area contributed by atoms with Crippen molar-refractivity contribution in [2.75, 3.05) is 18.2 Å². The van der Waals surface area contributed by atoms with E-state index in [9.17, 15) is 9.18 Å². The van der Waals surface area contributed by atoms with E-state index in [-0.39, 0.29) is 5.69 Å². The quantitative estimate of drug-likeness (QED) is 0.399. The Morgan fingerprint density at radius 2 is 1.93 bits per heavy atom. The Kier molecular flexibility index (Phi) is 5.21. The number of rotatable bonds is 4. The highest BCUT2D eigenvalue weighted by Gasteiger charge is 2.19. The molecule has 2 aromatic carbocycles. The average molecular weight is 472 g/mol. The molecule has 0 atom stereocenters. The molecule has 0 aliphatic rings. The number of hydrogen-bond donors (Lipinski definition) is 2. The molecule has 0 aliphatic carbocycles. The fourth-order valence-electron chi connectivity index (χ4n) is 2.86. The third kappa shape index (κ3) is 3.81. The van der Waals surface area contributed by atoms with Crippen LogP contribution in [-0.2, 0) is 0 Å². The fourth-order valence-corrected chi connectivity index (χ4v) is 4.18. The van der Waals surface area contributed by atoms with Crippen LogP contribution in [0.15, 0.2) is 59.1 Å². The van der Waals surface area contributed by atoms with Gasteiger partial charge in [-0.2, -0.15) is 0 Å². The van der Waals surface area contributed by atoms with Crippen LogP contribution in [0.1, 0.15) is 9.67 Å². The highest BCUT2D eigenvalue weighted by atomic mass is 79.9. The van der Waals surface area contributed by atoms with E-state index in [1.54, 1.807) is 13.2 Å². The first-order valence-corrected chi connectivity index (χ1v) is 10.2. The van der Waals surface area contributed by atoms with Crippen molar-refractivity contribution in [1.29, 1.82) is 0 Å². The Bertz CT molecular complexity index is 1220. The van der Waals surface area contributed by atoms with Crippen LogP contribution in [0.5, 0.6) is 5.75 Å². The molecule has 1 amide bonds. The first-order chi connectivity index (χ1) is 14.0. The van der Waals surface area contributed by atoms with Crippen LogP contribution in [0, 0.1) is 5.82 Å². The molecule has 0 saturated heterocycles.